The molecule has 1 aliphatic rings. The molecule has 4 rings (SSSR count). The summed E-state index contributed by atoms with van der Waals surface area (Å²) in [6.07, 6.45) is 5.60. The molecule has 8 heteroatoms. The van der Waals surface area contributed by atoms with Crippen molar-refractivity contribution in [3.05, 3.63) is 52.9 Å². The summed E-state index contributed by atoms with van der Waals surface area (Å²) in [7, 11) is -3.40. The van der Waals surface area contributed by atoms with E-state index < -0.39 is 10.0 Å². The zero-order valence-corrected chi connectivity index (χ0v) is 18.8. The first-order valence-electron chi connectivity index (χ1n) is 9.85. The Bertz CT molecular complexity index is 1040. The van der Waals surface area contributed by atoms with Crippen LogP contribution in [0.2, 0.25) is 0 Å². The van der Waals surface area contributed by atoms with Gasteiger partial charge in [-0.05, 0) is 43.2 Å². The van der Waals surface area contributed by atoms with Crippen LogP contribution in [0, 0.1) is 6.92 Å². The molecule has 1 fully saturated rings. The molecule has 154 valence electrons. The number of aromatic nitrogens is 1. The molecule has 1 aromatic carbocycles. The molecular weight excluding hydrogens is 422 g/mol. The minimum Gasteiger partial charge on any atom is -0.361 e. The summed E-state index contributed by atoms with van der Waals surface area (Å²) in [6, 6.07) is 10.1. The number of anilines is 1. The number of nitrogens with zero attached hydrogens (tertiary/aromatic N) is 2. The standard InChI is InChI=1S/C21H25N3O2S3/c1-16-5-4-6-17(13-16)20-14-23-21(28-20)22-10-8-18-7-2-3-11-24(18)29(25,26)19-9-12-27-15-19/h4-6,9,12-15,18H,2-3,7-8,10-11H2,1H3,(H,22,23). The summed E-state index contributed by atoms with van der Waals surface area (Å²) in [6.45, 7) is 3.41. The fourth-order valence-electron chi connectivity index (χ4n) is 3.75. The predicted molar refractivity (Wildman–Crippen MR) is 121 cm³/mol. The Labute approximate surface area is 180 Å². The number of thiophene rings is 1. The van der Waals surface area contributed by atoms with Crippen LogP contribution in [0.4, 0.5) is 5.13 Å². The Morgan fingerprint density at radius 2 is 2.17 bits per heavy atom. The van der Waals surface area contributed by atoms with Crippen molar-refractivity contribution in [1.82, 2.24) is 9.29 Å². The first-order valence-corrected chi connectivity index (χ1v) is 13.0. The quantitative estimate of drug-likeness (QED) is 0.539. The zero-order chi connectivity index (χ0) is 20.3. The maximum Gasteiger partial charge on any atom is 0.244 e. The molecule has 0 radical (unpaired) electrons. The Kier molecular flexibility index (Phi) is 6.34. The fraction of sp³-hybridized carbons (Fsp3) is 0.381. The highest BCUT2D eigenvalue weighted by Crippen LogP contribution is 2.31. The summed E-state index contributed by atoms with van der Waals surface area (Å²) in [5.41, 5.74) is 2.41. The van der Waals surface area contributed by atoms with E-state index in [0.717, 1.165) is 35.7 Å². The van der Waals surface area contributed by atoms with E-state index in [9.17, 15) is 8.42 Å². The molecule has 3 heterocycles. The van der Waals surface area contributed by atoms with Gasteiger partial charge in [-0.1, -0.05) is 47.6 Å². The normalized spacial score (nSPS) is 18.0. The summed E-state index contributed by atoms with van der Waals surface area (Å²) >= 11 is 3.06. The van der Waals surface area contributed by atoms with Crippen molar-refractivity contribution in [2.75, 3.05) is 18.4 Å². The lowest BCUT2D eigenvalue weighted by molar-refractivity contribution is 0.244. The maximum atomic E-state index is 13.0. The van der Waals surface area contributed by atoms with E-state index in [1.165, 1.54) is 22.5 Å². The van der Waals surface area contributed by atoms with Crippen LogP contribution >= 0.6 is 22.7 Å². The van der Waals surface area contributed by atoms with Gasteiger partial charge in [0.1, 0.15) is 0 Å². The number of benzene rings is 1. The minimum atomic E-state index is -3.40. The summed E-state index contributed by atoms with van der Waals surface area (Å²) in [5, 5.41) is 7.82. The first kappa shape index (κ1) is 20.5. The highest BCUT2D eigenvalue weighted by molar-refractivity contribution is 7.89. The zero-order valence-electron chi connectivity index (χ0n) is 16.4. The molecule has 2 aromatic heterocycles. The van der Waals surface area contributed by atoms with E-state index in [4.69, 9.17) is 0 Å². The second kappa shape index (κ2) is 8.95. The van der Waals surface area contributed by atoms with E-state index in [0.29, 0.717) is 18.0 Å². The van der Waals surface area contributed by atoms with Gasteiger partial charge in [-0.25, -0.2) is 13.4 Å². The van der Waals surface area contributed by atoms with Gasteiger partial charge in [0.05, 0.1) is 9.77 Å². The number of sulfonamides is 1. The second-order valence-electron chi connectivity index (χ2n) is 7.34. The lowest BCUT2D eigenvalue weighted by Gasteiger charge is -2.34. The van der Waals surface area contributed by atoms with Crippen LogP contribution in [-0.2, 0) is 10.0 Å². The molecule has 0 spiro atoms. The van der Waals surface area contributed by atoms with Gasteiger partial charge in [-0.3, -0.25) is 0 Å². The van der Waals surface area contributed by atoms with Gasteiger partial charge < -0.3 is 5.32 Å². The SMILES string of the molecule is Cc1cccc(-c2cnc(NCCC3CCCCN3S(=O)(=O)c3ccsc3)s2)c1. The van der Waals surface area contributed by atoms with E-state index in [1.807, 2.05) is 11.6 Å². The maximum absolute atomic E-state index is 13.0. The number of piperidine rings is 1. The number of aryl methyl sites for hydroxylation is 1. The average Bonchev–Trinajstić information content (AvgIpc) is 3.41. The van der Waals surface area contributed by atoms with Gasteiger partial charge >= 0.3 is 0 Å². The van der Waals surface area contributed by atoms with Gasteiger partial charge in [0, 0.05) is 30.7 Å². The highest BCUT2D eigenvalue weighted by atomic mass is 32.2. The van der Waals surface area contributed by atoms with Crippen LogP contribution in [0.1, 0.15) is 31.2 Å². The third-order valence-electron chi connectivity index (χ3n) is 5.24. The summed E-state index contributed by atoms with van der Waals surface area (Å²) < 4.78 is 27.7. The molecule has 1 unspecified atom stereocenters. The van der Waals surface area contributed by atoms with E-state index in [-0.39, 0.29) is 6.04 Å². The molecule has 0 saturated carbocycles. The molecule has 5 nitrogen and oxygen atoms in total. The third kappa shape index (κ3) is 4.71. The molecule has 1 N–H and O–H groups in total. The minimum absolute atomic E-state index is 0.0392. The van der Waals surface area contributed by atoms with E-state index in [2.05, 4.69) is 41.5 Å². The molecule has 1 aliphatic heterocycles. The molecule has 29 heavy (non-hydrogen) atoms. The molecule has 0 bridgehead atoms. The monoisotopic (exact) mass is 447 g/mol. The number of nitrogens with one attached hydrogen (secondary N) is 1. The third-order valence-corrected chi connectivity index (χ3v) is 9.02. The van der Waals surface area contributed by atoms with Crippen molar-refractivity contribution < 1.29 is 8.42 Å². The largest absolute Gasteiger partial charge is 0.361 e. The molecule has 0 amide bonds. The Balaban J connectivity index is 1.38. The molecule has 1 saturated heterocycles. The van der Waals surface area contributed by atoms with Gasteiger partial charge in [-0.2, -0.15) is 15.6 Å². The predicted octanol–water partition coefficient (Wildman–Crippen LogP) is 5.23. The highest BCUT2D eigenvalue weighted by Gasteiger charge is 2.33. The van der Waals surface area contributed by atoms with Crippen molar-refractivity contribution >= 4 is 37.8 Å². The average molecular weight is 448 g/mol. The number of rotatable bonds is 7. The summed E-state index contributed by atoms with van der Waals surface area (Å²) in [5.74, 6) is 0. The Hall–Kier alpha value is -1.74. The van der Waals surface area contributed by atoms with Crippen LogP contribution < -0.4 is 5.32 Å². The van der Waals surface area contributed by atoms with Crippen LogP contribution in [0.25, 0.3) is 10.4 Å². The molecule has 3 aromatic rings. The Morgan fingerprint density at radius 3 is 2.97 bits per heavy atom. The molecule has 1 atom stereocenters. The number of thiazole rings is 1. The van der Waals surface area contributed by atoms with E-state index in [1.54, 1.807) is 27.1 Å². The van der Waals surface area contributed by atoms with Crippen molar-refractivity contribution in [2.24, 2.45) is 0 Å². The van der Waals surface area contributed by atoms with Crippen LogP contribution in [0.15, 0.2) is 52.2 Å². The van der Waals surface area contributed by atoms with Gasteiger partial charge in [0.15, 0.2) is 5.13 Å². The van der Waals surface area contributed by atoms with Gasteiger partial charge in [-0.15, -0.1) is 0 Å². The van der Waals surface area contributed by atoms with Crippen molar-refractivity contribution in [3.63, 3.8) is 0 Å². The van der Waals surface area contributed by atoms with E-state index >= 15 is 0 Å². The number of hydrogen-bond acceptors (Lipinski definition) is 6. The van der Waals surface area contributed by atoms with Crippen molar-refractivity contribution in [2.45, 2.75) is 43.5 Å². The van der Waals surface area contributed by atoms with Crippen LogP contribution in [0.5, 0.6) is 0 Å². The number of hydrogen-bond donors (Lipinski definition) is 1. The topological polar surface area (TPSA) is 62.3 Å². The van der Waals surface area contributed by atoms with Crippen molar-refractivity contribution in [3.8, 4) is 10.4 Å². The van der Waals surface area contributed by atoms with Gasteiger partial charge in [0.25, 0.3) is 0 Å². The molecular formula is C21H25N3O2S3. The second-order valence-corrected chi connectivity index (χ2v) is 11.0. The van der Waals surface area contributed by atoms with Crippen LogP contribution in [-0.4, -0.2) is 36.8 Å². The van der Waals surface area contributed by atoms with Crippen LogP contribution in [0.3, 0.4) is 0 Å². The van der Waals surface area contributed by atoms with Gasteiger partial charge in [0.2, 0.25) is 10.0 Å². The smallest absolute Gasteiger partial charge is 0.244 e. The Morgan fingerprint density at radius 1 is 1.28 bits per heavy atom. The molecule has 0 aliphatic carbocycles. The fourth-order valence-corrected chi connectivity index (χ4v) is 7.32. The first-order chi connectivity index (χ1) is 14.0. The van der Waals surface area contributed by atoms with Crippen molar-refractivity contribution in [1.29, 1.82) is 0 Å². The lowest BCUT2D eigenvalue weighted by atomic mass is 10.0. The summed E-state index contributed by atoms with van der Waals surface area (Å²) in [4.78, 5) is 6.05. The lowest BCUT2D eigenvalue weighted by Crippen LogP contribution is -2.44.